The number of pyridine rings is 1. The molecule has 112 valence electrons. The fraction of sp³-hybridized carbons (Fsp3) is 0.188. The van der Waals surface area contributed by atoms with Crippen molar-refractivity contribution in [2.75, 3.05) is 19.4 Å². The van der Waals surface area contributed by atoms with E-state index in [0.717, 1.165) is 5.56 Å². The number of anilines is 1. The van der Waals surface area contributed by atoms with Crippen molar-refractivity contribution >= 4 is 23.3 Å². The maximum Gasteiger partial charge on any atom is 0.254 e. The van der Waals surface area contributed by atoms with Crippen LogP contribution >= 0.6 is 11.6 Å². The number of nitrogens with zero attached hydrogens (tertiary/aromatic N) is 3. The molecule has 0 bridgehead atoms. The Kier molecular flexibility index (Phi) is 4.97. The lowest BCUT2D eigenvalue weighted by atomic mass is 10.1. The van der Waals surface area contributed by atoms with Crippen LogP contribution in [0.2, 0.25) is 5.02 Å². The number of benzene rings is 1. The van der Waals surface area contributed by atoms with Gasteiger partial charge in [0.1, 0.15) is 11.9 Å². The van der Waals surface area contributed by atoms with Gasteiger partial charge < -0.3 is 10.2 Å². The Bertz CT molecular complexity index is 720. The highest BCUT2D eigenvalue weighted by Gasteiger charge is 2.08. The lowest BCUT2D eigenvalue weighted by Gasteiger charge is -2.11. The maximum absolute atomic E-state index is 11.8. The highest BCUT2D eigenvalue weighted by Crippen LogP contribution is 2.17. The van der Waals surface area contributed by atoms with Crippen LogP contribution in [-0.4, -0.2) is 29.9 Å². The second kappa shape index (κ2) is 6.92. The van der Waals surface area contributed by atoms with Crippen LogP contribution in [0.5, 0.6) is 0 Å². The van der Waals surface area contributed by atoms with E-state index in [-0.39, 0.29) is 5.91 Å². The topological polar surface area (TPSA) is 69.0 Å². The predicted octanol–water partition coefficient (Wildman–Crippen LogP) is 2.92. The monoisotopic (exact) mass is 314 g/mol. The van der Waals surface area contributed by atoms with Crippen molar-refractivity contribution in [2.45, 2.75) is 6.54 Å². The third-order valence-electron chi connectivity index (χ3n) is 3.04. The molecule has 2 rings (SSSR count). The predicted molar refractivity (Wildman–Crippen MR) is 85.7 cm³/mol. The summed E-state index contributed by atoms with van der Waals surface area (Å²) in [7, 11) is 3.40. The molecule has 2 aromatic rings. The molecule has 22 heavy (non-hydrogen) atoms. The van der Waals surface area contributed by atoms with Crippen molar-refractivity contribution in [2.24, 2.45) is 0 Å². The number of carbonyl (C=O) groups excluding carboxylic acids is 1. The Morgan fingerprint density at radius 1 is 1.36 bits per heavy atom. The van der Waals surface area contributed by atoms with Crippen LogP contribution in [0.25, 0.3) is 0 Å². The van der Waals surface area contributed by atoms with E-state index in [4.69, 9.17) is 16.9 Å². The van der Waals surface area contributed by atoms with Gasteiger partial charge in [0.15, 0.2) is 0 Å². The zero-order valence-corrected chi connectivity index (χ0v) is 13.1. The summed E-state index contributed by atoms with van der Waals surface area (Å²) in [4.78, 5) is 17.5. The molecule has 5 nitrogen and oxygen atoms in total. The number of hydrogen-bond acceptors (Lipinski definition) is 4. The summed E-state index contributed by atoms with van der Waals surface area (Å²) in [5, 5.41) is 12.4. The van der Waals surface area contributed by atoms with E-state index >= 15 is 0 Å². The SMILES string of the molecule is CN(C)C(=O)c1ccc(NCc2ccc(C#N)c(Cl)c2)nc1. The zero-order valence-electron chi connectivity index (χ0n) is 12.3. The fourth-order valence-electron chi connectivity index (χ4n) is 1.84. The number of hydrogen-bond donors (Lipinski definition) is 1. The molecule has 0 saturated carbocycles. The van der Waals surface area contributed by atoms with E-state index in [1.807, 2.05) is 12.1 Å². The molecule has 0 aliphatic carbocycles. The highest BCUT2D eigenvalue weighted by atomic mass is 35.5. The summed E-state index contributed by atoms with van der Waals surface area (Å²) in [5.41, 5.74) is 1.94. The third-order valence-corrected chi connectivity index (χ3v) is 3.36. The number of nitriles is 1. The average Bonchev–Trinajstić information content (AvgIpc) is 2.52. The quantitative estimate of drug-likeness (QED) is 0.942. The summed E-state index contributed by atoms with van der Waals surface area (Å²) in [6.07, 6.45) is 1.54. The van der Waals surface area contributed by atoms with Crippen molar-refractivity contribution in [3.63, 3.8) is 0 Å². The summed E-state index contributed by atoms with van der Waals surface area (Å²) in [6.45, 7) is 0.527. The van der Waals surface area contributed by atoms with Gasteiger partial charge in [-0.2, -0.15) is 5.26 Å². The normalized spacial score (nSPS) is 9.91. The highest BCUT2D eigenvalue weighted by molar-refractivity contribution is 6.31. The molecule has 1 aromatic heterocycles. The van der Waals surface area contributed by atoms with Crippen LogP contribution in [0.15, 0.2) is 36.5 Å². The molecule has 0 saturated heterocycles. The summed E-state index contributed by atoms with van der Waals surface area (Å²) < 4.78 is 0. The van der Waals surface area contributed by atoms with Gasteiger partial charge in [-0.3, -0.25) is 4.79 Å². The zero-order chi connectivity index (χ0) is 16.1. The van der Waals surface area contributed by atoms with E-state index < -0.39 is 0 Å². The standard InChI is InChI=1S/C16H15ClN4O/c1-21(2)16(22)13-5-6-15(20-10-13)19-9-11-3-4-12(8-18)14(17)7-11/h3-7,10H,9H2,1-2H3,(H,19,20). The molecule has 0 aliphatic rings. The van der Waals surface area contributed by atoms with Crippen LogP contribution < -0.4 is 5.32 Å². The summed E-state index contributed by atoms with van der Waals surface area (Å²) in [6, 6.07) is 10.8. The van der Waals surface area contributed by atoms with Crippen LogP contribution in [0.4, 0.5) is 5.82 Å². The molecule has 1 heterocycles. The van der Waals surface area contributed by atoms with Crippen LogP contribution in [0, 0.1) is 11.3 Å². The van der Waals surface area contributed by atoms with Crippen LogP contribution in [-0.2, 0) is 6.54 Å². The number of amides is 1. The minimum Gasteiger partial charge on any atom is -0.366 e. The summed E-state index contributed by atoms with van der Waals surface area (Å²) in [5.74, 6) is 0.578. The number of nitrogens with one attached hydrogen (secondary N) is 1. The smallest absolute Gasteiger partial charge is 0.254 e. The molecule has 0 spiro atoms. The first-order valence-corrected chi connectivity index (χ1v) is 6.99. The first kappa shape index (κ1) is 15.8. The number of carbonyl (C=O) groups is 1. The molecule has 0 atom stereocenters. The first-order valence-electron chi connectivity index (χ1n) is 6.61. The minimum atomic E-state index is -0.0853. The number of aromatic nitrogens is 1. The van der Waals surface area contributed by atoms with Crippen molar-refractivity contribution in [3.8, 4) is 6.07 Å². The second-order valence-electron chi connectivity index (χ2n) is 4.91. The fourth-order valence-corrected chi connectivity index (χ4v) is 2.08. The lowest BCUT2D eigenvalue weighted by Crippen LogP contribution is -2.21. The van der Waals surface area contributed by atoms with Crippen molar-refractivity contribution < 1.29 is 4.79 Å². The Morgan fingerprint density at radius 3 is 2.68 bits per heavy atom. The first-order chi connectivity index (χ1) is 10.5. The van der Waals surface area contributed by atoms with Crippen molar-refractivity contribution in [1.29, 1.82) is 5.26 Å². The molecule has 6 heteroatoms. The van der Waals surface area contributed by atoms with Gasteiger partial charge in [-0.1, -0.05) is 17.7 Å². The molecular formula is C16H15ClN4O. The molecule has 1 amide bonds. The van der Waals surface area contributed by atoms with Gasteiger partial charge in [0.25, 0.3) is 5.91 Å². The molecule has 1 aromatic carbocycles. The van der Waals surface area contributed by atoms with Gasteiger partial charge in [-0.25, -0.2) is 4.98 Å². The van der Waals surface area contributed by atoms with E-state index in [1.165, 1.54) is 11.1 Å². The molecule has 0 unspecified atom stereocenters. The van der Waals surface area contributed by atoms with Crippen LogP contribution in [0.3, 0.4) is 0 Å². The van der Waals surface area contributed by atoms with E-state index in [0.29, 0.717) is 28.5 Å². The van der Waals surface area contributed by atoms with E-state index in [1.54, 1.807) is 38.4 Å². The Balaban J connectivity index is 2.02. The molecule has 0 aliphatic heterocycles. The van der Waals surface area contributed by atoms with E-state index in [2.05, 4.69) is 10.3 Å². The number of rotatable bonds is 4. The van der Waals surface area contributed by atoms with Gasteiger partial charge in [0.05, 0.1) is 16.1 Å². The van der Waals surface area contributed by atoms with Crippen molar-refractivity contribution in [1.82, 2.24) is 9.88 Å². The van der Waals surface area contributed by atoms with E-state index in [9.17, 15) is 4.79 Å². The lowest BCUT2D eigenvalue weighted by molar-refractivity contribution is 0.0827. The molecule has 0 fully saturated rings. The van der Waals surface area contributed by atoms with Gasteiger partial charge in [0.2, 0.25) is 0 Å². The average molecular weight is 315 g/mol. The van der Waals surface area contributed by atoms with Crippen LogP contribution in [0.1, 0.15) is 21.5 Å². The largest absolute Gasteiger partial charge is 0.366 e. The molecular weight excluding hydrogens is 300 g/mol. The van der Waals surface area contributed by atoms with Gasteiger partial charge in [0, 0.05) is 26.8 Å². The molecule has 1 N–H and O–H groups in total. The molecule has 0 radical (unpaired) electrons. The van der Waals surface area contributed by atoms with Gasteiger partial charge in [-0.15, -0.1) is 0 Å². The van der Waals surface area contributed by atoms with Gasteiger partial charge in [-0.05, 0) is 29.8 Å². The van der Waals surface area contributed by atoms with Gasteiger partial charge >= 0.3 is 0 Å². The second-order valence-corrected chi connectivity index (χ2v) is 5.32. The van der Waals surface area contributed by atoms with Crippen molar-refractivity contribution in [3.05, 3.63) is 58.2 Å². The number of halogens is 1. The summed E-state index contributed by atoms with van der Waals surface area (Å²) >= 11 is 5.99. The Hall–Kier alpha value is -2.58. The maximum atomic E-state index is 11.8. The minimum absolute atomic E-state index is 0.0853. The Labute approximate surface area is 134 Å². The third kappa shape index (κ3) is 3.74. The Morgan fingerprint density at radius 2 is 2.14 bits per heavy atom.